The van der Waals surface area contributed by atoms with Crippen molar-refractivity contribution in [3.63, 3.8) is 0 Å². The normalized spacial score (nSPS) is 15.7. The van der Waals surface area contributed by atoms with Gasteiger partial charge in [0.1, 0.15) is 0 Å². The molecule has 0 radical (unpaired) electrons. The van der Waals surface area contributed by atoms with Gasteiger partial charge in [-0.15, -0.1) is 0 Å². The van der Waals surface area contributed by atoms with E-state index in [0.29, 0.717) is 31.6 Å². The molecule has 0 bridgehead atoms. The summed E-state index contributed by atoms with van der Waals surface area (Å²) < 4.78 is 0. The maximum Gasteiger partial charge on any atom is 0.251 e. The Bertz CT molecular complexity index is 596. The first kappa shape index (κ1) is 19.4. The number of aliphatic hydroxyl groups is 1. The number of amides is 2. The summed E-state index contributed by atoms with van der Waals surface area (Å²) in [6, 6.07) is 7.54. The Hall–Kier alpha value is -1.92. The summed E-state index contributed by atoms with van der Waals surface area (Å²) in [6.07, 6.45) is 2.21. The van der Waals surface area contributed by atoms with Crippen molar-refractivity contribution in [2.24, 2.45) is 0 Å². The van der Waals surface area contributed by atoms with Crippen LogP contribution in [0.15, 0.2) is 24.3 Å². The molecule has 0 aliphatic carbocycles. The molecule has 1 heterocycles. The number of hydrogen-bond acceptors (Lipinski definition) is 4. The third-order valence-corrected chi connectivity index (χ3v) is 4.27. The van der Waals surface area contributed by atoms with Crippen LogP contribution in [0, 0.1) is 0 Å². The van der Waals surface area contributed by atoms with Gasteiger partial charge in [-0.2, -0.15) is 0 Å². The first-order valence-corrected chi connectivity index (χ1v) is 8.92. The van der Waals surface area contributed by atoms with E-state index in [0.717, 1.165) is 31.5 Å². The lowest BCUT2D eigenvalue weighted by atomic mass is 9.98. The molecule has 2 rings (SSSR count). The second-order valence-electron chi connectivity index (χ2n) is 7.25. The van der Waals surface area contributed by atoms with Gasteiger partial charge in [0.2, 0.25) is 5.91 Å². The van der Waals surface area contributed by atoms with Crippen molar-refractivity contribution < 1.29 is 14.7 Å². The van der Waals surface area contributed by atoms with Crippen molar-refractivity contribution in [3.8, 4) is 0 Å². The first-order chi connectivity index (χ1) is 11.8. The first-order valence-electron chi connectivity index (χ1n) is 8.92. The smallest absolute Gasteiger partial charge is 0.251 e. The molecule has 0 spiro atoms. The van der Waals surface area contributed by atoms with Gasteiger partial charge < -0.3 is 15.7 Å². The van der Waals surface area contributed by atoms with Crippen LogP contribution in [0.4, 0.5) is 0 Å². The number of nitrogens with zero attached hydrogens (tertiary/aromatic N) is 1. The number of hydrogen-bond donors (Lipinski definition) is 3. The molecule has 1 aliphatic rings. The molecule has 1 aromatic rings. The van der Waals surface area contributed by atoms with Crippen molar-refractivity contribution in [1.82, 2.24) is 15.5 Å². The molecular weight excluding hydrogens is 318 g/mol. The minimum absolute atomic E-state index is 0.0677. The van der Waals surface area contributed by atoms with Crippen LogP contribution in [0.2, 0.25) is 0 Å². The zero-order valence-electron chi connectivity index (χ0n) is 15.2. The van der Waals surface area contributed by atoms with Gasteiger partial charge in [-0.3, -0.25) is 14.5 Å². The second kappa shape index (κ2) is 8.97. The van der Waals surface area contributed by atoms with Gasteiger partial charge in [0.15, 0.2) is 0 Å². The highest BCUT2D eigenvalue weighted by Crippen LogP contribution is 2.14. The minimum atomic E-state index is -0.705. The van der Waals surface area contributed by atoms with Crippen LogP contribution in [0.1, 0.15) is 42.6 Å². The zero-order valence-corrected chi connectivity index (χ0v) is 15.2. The lowest BCUT2D eigenvalue weighted by Gasteiger charge is -2.26. The molecule has 6 nitrogen and oxygen atoms in total. The van der Waals surface area contributed by atoms with E-state index in [1.165, 1.54) is 0 Å². The van der Waals surface area contributed by atoms with Crippen LogP contribution < -0.4 is 10.6 Å². The average molecular weight is 347 g/mol. The molecular formula is C19H29N3O3. The van der Waals surface area contributed by atoms with Crippen LogP contribution in [0.3, 0.4) is 0 Å². The number of piperazine rings is 1. The number of carbonyl (C=O) groups excluding carboxylic acids is 2. The molecule has 6 heteroatoms. The number of rotatable bonds is 8. The molecule has 1 aliphatic heterocycles. The predicted octanol–water partition coefficient (Wildman–Crippen LogP) is 0.942. The molecule has 138 valence electrons. The van der Waals surface area contributed by atoms with Crippen LogP contribution in [0.25, 0.3) is 0 Å². The largest absolute Gasteiger partial charge is 0.390 e. The Kier molecular flexibility index (Phi) is 6.96. The summed E-state index contributed by atoms with van der Waals surface area (Å²) >= 11 is 0. The summed E-state index contributed by atoms with van der Waals surface area (Å²) in [5.41, 5.74) is 0.989. The SMILES string of the molecule is CC(C)(O)CCc1cccc(C(=O)NCCCN2CCNC(=O)C2)c1. The lowest BCUT2D eigenvalue weighted by molar-refractivity contribution is -0.124. The Morgan fingerprint density at radius 3 is 2.92 bits per heavy atom. The topological polar surface area (TPSA) is 81.7 Å². The maximum atomic E-state index is 12.3. The van der Waals surface area contributed by atoms with Crippen molar-refractivity contribution in [2.75, 3.05) is 32.7 Å². The zero-order chi connectivity index (χ0) is 18.3. The number of carbonyl (C=O) groups is 2. The fraction of sp³-hybridized carbons (Fsp3) is 0.579. The highest BCUT2D eigenvalue weighted by molar-refractivity contribution is 5.94. The van der Waals surface area contributed by atoms with E-state index in [2.05, 4.69) is 15.5 Å². The Labute approximate surface area is 149 Å². The van der Waals surface area contributed by atoms with Crippen LogP contribution in [0.5, 0.6) is 0 Å². The summed E-state index contributed by atoms with van der Waals surface area (Å²) in [7, 11) is 0. The molecule has 3 N–H and O–H groups in total. The van der Waals surface area contributed by atoms with Crippen molar-refractivity contribution in [3.05, 3.63) is 35.4 Å². The quantitative estimate of drug-likeness (QED) is 0.612. The van der Waals surface area contributed by atoms with Crippen LogP contribution in [-0.2, 0) is 11.2 Å². The van der Waals surface area contributed by atoms with E-state index >= 15 is 0 Å². The molecule has 0 unspecified atom stereocenters. The summed E-state index contributed by atoms with van der Waals surface area (Å²) in [5, 5.41) is 15.6. The molecule has 25 heavy (non-hydrogen) atoms. The molecule has 2 amide bonds. The summed E-state index contributed by atoms with van der Waals surface area (Å²) in [6.45, 7) is 6.97. The van der Waals surface area contributed by atoms with Crippen molar-refractivity contribution >= 4 is 11.8 Å². The van der Waals surface area contributed by atoms with Gasteiger partial charge in [0.05, 0.1) is 12.1 Å². The fourth-order valence-corrected chi connectivity index (χ4v) is 2.81. The highest BCUT2D eigenvalue weighted by Gasteiger charge is 2.15. The number of aryl methyl sites for hydroxylation is 1. The van der Waals surface area contributed by atoms with E-state index in [-0.39, 0.29) is 11.8 Å². The van der Waals surface area contributed by atoms with Gasteiger partial charge in [-0.05, 0) is 50.8 Å². The maximum absolute atomic E-state index is 12.3. The Morgan fingerprint density at radius 1 is 1.40 bits per heavy atom. The predicted molar refractivity (Wildman–Crippen MR) is 97.5 cm³/mol. The van der Waals surface area contributed by atoms with Crippen LogP contribution >= 0.6 is 0 Å². The van der Waals surface area contributed by atoms with Gasteiger partial charge in [0, 0.05) is 31.7 Å². The van der Waals surface area contributed by atoms with Gasteiger partial charge in [-0.25, -0.2) is 0 Å². The van der Waals surface area contributed by atoms with Crippen LogP contribution in [-0.4, -0.2) is 60.1 Å². The Balaban J connectivity index is 1.74. The average Bonchev–Trinajstić information content (AvgIpc) is 2.56. The van der Waals surface area contributed by atoms with E-state index < -0.39 is 5.60 Å². The van der Waals surface area contributed by atoms with Crippen molar-refractivity contribution in [2.45, 2.75) is 38.7 Å². The van der Waals surface area contributed by atoms with E-state index in [9.17, 15) is 14.7 Å². The molecule has 0 saturated carbocycles. The molecule has 1 fully saturated rings. The van der Waals surface area contributed by atoms with Crippen molar-refractivity contribution in [1.29, 1.82) is 0 Å². The van der Waals surface area contributed by atoms with E-state index in [1.54, 1.807) is 19.9 Å². The number of nitrogens with one attached hydrogen (secondary N) is 2. The number of benzene rings is 1. The standard InChI is InChI=1S/C19H29N3O3/c1-19(2,25)8-7-15-5-3-6-16(13-15)18(24)21-9-4-11-22-12-10-20-17(23)14-22/h3,5-6,13,25H,4,7-12,14H2,1-2H3,(H,20,23)(H,21,24). The van der Waals surface area contributed by atoms with Gasteiger partial charge >= 0.3 is 0 Å². The van der Waals surface area contributed by atoms with E-state index in [4.69, 9.17) is 0 Å². The molecule has 0 atom stereocenters. The fourth-order valence-electron chi connectivity index (χ4n) is 2.81. The lowest BCUT2D eigenvalue weighted by Crippen LogP contribution is -2.48. The summed E-state index contributed by atoms with van der Waals surface area (Å²) in [5.74, 6) is -0.0142. The molecule has 1 aromatic carbocycles. The summed E-state index contributed by atoms with van der Waals surface area (Å²) in [4.78, 5) is 25.7. The van der Waals surface area contributed by atoms with E-state index in [1.807, 2.05) is 18.2 Å². The van der Waals surface area contributed by atoms with Gasteiger partial charge in [0.25, 0.3) is 5.91 Å². The Morgan fingerprint density at radius 2 is 2.20 bits per heavy atom. The van der Waals surface area contributed by atoms with Gasteiger partial charge in [-0.1, -0.05) is 12.1 Å². The monoisotopic (exact) mass is 347 g/mol. The third kappa shape index (κ3) is 7.23. The minimum Gasteiger partial charge on any atom is -0.390 e. The second-order valence-corrected chi connectivity index (χ2v) is 7.25. The molecule has 0 aromatic heterocycles. The highest BCUT2D eigenvalue weighted by atomic mass is 16.3. The third-order valence-electron chi connectivity index (χ3n) is 4.27. The molecule has 1 saturated heterocycles.